The zero-order valence-electron chi connectivity index (χ0n) is 10.6. The van der Waals surface area contributed by atoms with Gasteiger partial charge in [0.2, 0.25) is 0 Å². The van der Waals surface area contributed by atoms with Crippen LogP contribution in [0.1, 0.15) is 8.35 Å². The molecule has 0 saturated heterocycles. The summed E-state index contributed by atoms with van der Waals surface area (Å²) in [4.78, 5) is 1.47. The fraction of sp³-hybridized carbons (Fsp3) is 1.00. The average molecular weight is 335 g/mol. The van der Waals surface area contributed by atoms with E-state index in [1.165, 1.54) is 4.90 Å². The molecule has 0 radical (unpaired) electrons. The summed E-state index contributed by atoms with van der Waals surface area (Å²) in [5.74, 6) is 0. The van der Waals surface area contributed by atoms with Gasteiger partial charge in [-0.05, 0) is 14.0 Å². The van der Waals surface area contributed by atoms with Crippen LogP contribution >= 0.6 is 0 Å². The Morgan fingerprint density at radius 2 is 1.71 bits per heavy atom. The fourth-order valence-corrected chi connectivity index (χ4v) is 1.55. The molecule has 0 aromatic carbocycles. The van der Waals surface area contributed by atoms with Crippen LogP contribution in [0.5, 0.6) is 0 Å². The van der Waals surface area contributed by atoms with Crippen LogP contribution in [0.4, 0.5) is 0 Å². The molecule has 0 rings (SSSR count). The second kappa shape index (κ2) is 8.66. The Kier molecular flexibility index (Phi) is 10.6. The molecule has 100 valence electrons. The van der Waals surface area contributed by atoms with Gasteiger partial charge in [0.1, 0.15) is 6.73 Å². The van der Waals surface area contributed by atoms with Crippen LogP contribution in [0, 0.1) is 0 Å². The van der Waals surface area contributed by atoms with Gasteiger partial charge in [-0.25, -0.2) is 0 Å². The molecule has 17 heavy (non-hydrogen) atoms. The van der Waals surface area contributed by atoms with Crippen LogP contribution in [-0.4, -0.2) is 48.9 Å². The Morgan fingerprint density at radius 3 is 2.06 bits per heavy atom. The second-order valence-corrected chi connectivity index (χ2v) is 7.70. The molecule has 0 spiro atoms. The van der Waals surface area contributed by atoms with Crippen LogP contribution in [-0.2, 0) is 48.8 Å². The molecule has 0 aromatic rings. The molecule has 12 heteroatoms. The molecule has 3 atom stereocenters. The van der Waals surface area contributed by atoms with Crippen molar-refractivity contribution in [3.8, 4) is 0 Å². The first-order chi connectivity index (χ1) is 7.01. The van der Waals surface area contributed by atoms with Crippen molar-refractivity contribution in [3.63, 3.8) is 0 Å². The average Bonchev–Trinajstić information content (AvgIpc) is 2.07. The third-order valence-electron chi connectivity index (χ3n) is 1.62. The molecule has 0 aliphatic heterocycles. The van der Waals surface area contributed by atoms with Gasteiger partial charge in [0.15, 0.2) is 0 Å². The first-order valence-electron chi connectivity index (χ1n) is 3.95. The number of rotatable bonds is 7. The van der Waals surface area contributed by atoms with Crippen molar-refractivity contribution < 1.29 is 56.9 Å². The number of hydrogen-bond donors (Lipinski definition) is 2. The van der Waals surface area contributed by atoms with Gasteiger partial charge in [-0.1, -0.05) is 0 Å². The molecule has 0 saturated carbocycles. The van der Waals surface area contributed by atoms with Crippen molar-refractivity contribution in [1.82, 2.24) is 4.90 Å². The molecule has 0 fully saturated rings. The maximum Gasteiger partial charge on any atom is 1.00 e. The molecule has 0 aromatic heterocycles. The Bertz CT molecular complexity index is 374. The van der Waals surface area contributed by atoms with Gasteiger partial charge in [-0.3, -0.25) is 22.4 Å². The van der Waals surface area contributed by atoms with E-state index in [1.54, 1.807) is 14.0 Å². The van der Waals surface area contributed by atoms with Gasteiger partial charge in [0, 0.05) is 28.4 Å². The summed E-state index contributed by atoms with van der Waals surface area (Å²) in [6, 6.07) is -0.326. The largest absolute Gasteiger partial charge is 1.00 e. The minimum absolute atomic E-state index is 0. The standard InChI is InChI=1S/C5H13NO6S4.Na.H/c1-5(3-11-15(7,8)13)6(2)4-12-16(9,10)14;;/h5H,3-4H2,1-2H3,(H,7,8,13)(H,9,10,14);;/q;+1;-1. The minimum atomic E-state index is -3.67. The van der Waals surface area contributed by atoms with Crippen LogP contribution in [0.3, 0.4) is 0 Å². The first kappa shape index (κ1) is 20.8. The van der Waals surface area contributed by atoms with Crippen molar-refractivity contribution in [1.29, 1.82) is 0 Å². The maximum absolute atomic E-state index is 10.6. The SMILES string of the molecule is CC(COS(=O)(O)=S)N(C)COS(=O)(O)=S.[H-].[Na+]. The molecular formula is C5H14NNaO6S4. The van der Waals surface area contributed by atoms with E-state index >= 15 is 0 Å². The molecular weight excluding hydrogens is 321 g/mol. The predicted molar refractivity (Wildman–Crippen MR) is 66.5 cm³/mol. The van der Waals surface area contributed by atoms with Gasteiger partial charge >= 0.3 is 29.6 Å². The van der Waals surface area contributed by atoms with E-state index in [-0.39, 0.29) is 50.4 Å². The monoisotopic (exact) mass is 335 g/mol. The summed E-state index contributed by atoms with van der Waals surface area (Å²) < 4.78 is 47.5. The zero-order valence-corrected chi connectivity index (χ0v) is 14.9. The van der Waals surface area contributed by atoms with E-state index in [0.717, 1.165) is 0 Å². The normalized spacial score (nSPS) is 20.1. The molecule has 0 aliphatic rings. The Balaban J connectivity index is -0.00000112. The summed E-state index contributed by atoms with van der Waals surface area (Å²) in [7, 11) is -5.76. The summed E-state index contributed by atoms with van der Waals surface area (Å²) >= 11 is 8.24. The predicted octanol–water partition coefficient (Wildman–Crippen LogP) is -3.32. The van der Waals surface area contributed by atoms with Crippen molar-refractivity contribution in [2.24, 2.45) is 0 Å². The minimum Gasteiger partial charge on any atom is -1.00 e. The summed E-state index contributed by atoms with van der Waals surface area (Å²) in [6.45, 7) is 1.35. The van der Waals surface area contributed by atoms with E-state index in [1.807, 2.05) is 0 Å². The smallest absolute Gasteiger partial charge is 1.00 e. The van der Waals surface area contributed by atoms with Crippen molar-refractivity contribution in [2.45, 2.75) is 13.0 Å². The first-order valence-corrected chi connectivity index (χ1v) is 8.68. The van der Waals surface area contributed by atoms with Gasteiger partial charge < -0.3 is 1.43 Å². The van der Waals surface area contributed by atoms with Gasteiger partial charge in [0.25, 0.3) is 18.1 Å². The summed E-state index contributed by atoms with van der Waals surface area (Å²) in [6.07, 6.45) is 0. The molecule has 2 N–H and O–H groups in total. The van der Waals surface area contributed by atoms with Gasteiger partial charge in [-0.2, -0.15) is 8.42 Å². The fourth-order valence-electron chi connectivity index (χ4n) is 0.589. The molecule has 0 bridgehead atoms. The Labute approximate surface area is 134 Å². The van der Waals surface area contributed by atoms with Crippen LogP contribution in [0.25, 0.3) is 0 Å². The van der Waals surface area contributed by atoms with Crippen molar-refractivity contribution in [3.05, 3.63) is 0 Å². The Hall–Kier alpha value is 1.54. The molecule has 3 unspecified atom stereocenters. The molecule has 0 aliphatic carbocycles. The number of nitrogens with zero attached hydrogens (tertiary/aromatic N) is 1. The second-order valence-electron chi connectivity index (χ2n) is 2.99. The van der Waals surface area contributed by atoms with E-state index < -0.39 is 18.1 Å². The Morgan fingerprint density at radius 1 is 1.29 bits per heavy atom. The van der Waals surface area contributed by atoms with E-state index in [0.29, 0.717) is 0 Å². The number of likely N-dealkylation sites (N-methyl/N-ethyl adjacent to an activating group) is 1. The summed E-state index contributed by atoms with van der Waals surface area (Å²) in [5, 5.41) is 0. The van der Waals surface area contributed by atoms with E-state index in [2.05, 4.69) is 30.7 Å². The van der Waals surface area contributed by atoms with E-state index in [9.17, 15) is 8.42 Å². The van der Waals surface area contributed by atoms with Crippen LogP contribution in [0.15, 0.2) is 0 Å². The summed E-state index contributed by atoms with van der Waals surface area (Å²) in [5.41, 5.74) is 0. The molecule has 7 nitrogen and oxygen atoms in total. The zero-order chi connectivity index (χ0) is 13.0. The van der Waals surface area contributed by atoms with Crippen LogP contribution < -0.4 is 29.6 Å². The third kappa shape index (κ3) is 13.8. The number of hydrogen-bond acceptors (Lipinski definition) is 7. The maximum atomic E-state index is 10.6. The van der Waals surface area contributed by atoms with Crippen molar-refractivity contribution >= 4 is 40.5 Å². The third-order valence-corrected chi connectivity index (χ3v) is 3.03. The van der Waals surface area contributed by atoms with Crippen LogP contribution in [0.2, 0.25) is 0 Å². The molecule has 0 heterocycles. The molecule has 0 amide bonds. The van der Waals surface area contributed by atoms with Crippen molar-refractivity contribution in [2.75, 3.05) is 20.4 Å². The quantitative estimate of drug-likeness (QED) is 0.366. The van der Waals surface area contributed by atoms with Gasteiger partial charge in [-0.15, -0.1) is 0 Å². The van der Waals surface area contributed by atoms with E-state index in [4.69, 9.17) is 9.11 Å². The topological polar surface area (TPSA) is 96.3 Å². The van der Waals surface area contributed by atoms with Gasteiger partial charge in [0.05, 0.1) is 6.61 Å².